The van der Waals surface area contributed by atoms with Crippen molar-refractivity contribution in [3.05, 3.63) is 0 Å². The Morgan fingerprint density at radius 2 is 2.29 bits per heavy atom. The van der Waals surface area contributed by atoms with Crippen molar-refractivity contribution < 1.29 is 4.39 Å². The Morgan fingerprint density at radius 1 is 1.86 bits per heavy atom. The molecule has 0 amide bonds. The summed E-state index contributed by atoms with van der Waals surface area (Å²) in [6.07, 6.45) is 0. The summed E-state index contributed by atoms with van der Waals surface area (Å²) in [7, 11) is 1.70. The average Bonchev–Trinajstić information content (AvgIpc) is 1.35. The Bertz CT molecular complexity index is 36.1. The largest absolute Gasteiger partial charge is 0.316 e. The predicted molar refractivity (Wildman–Crippen MR) is 35.0 cm³/mol. The number of rotatable bonds is 2. The molecule has 0 aliphatic carbocycles. The van der Waals surface area contributed by atoms with Crippen LogP contribution in [-0.4, -0.2) is 18.7 Å². The molecule has 7 heavy (non-hydrogen) atoms. The van der Waals surface area contributed by atoms with E-state index in [0.29, 0.717) is 6.54 Å². The van der Waals surface area contributed by atoms with Crippen molar-refractivity contribution in [2.75, 3.05) is 13.6 Å². The van der Waals surface area contributed by atoms with Crippen LogP contribution in [-0.2, 0) is 0 Å². The fourth-order valence-electron chi connectivity index (χ4n) is 0.154. The zero-order chi connectivity index (χ0) is 4.99. The maximum Gasteiger partial charge on any atom is 0.167 e. The zero-order valence-corrected chi connectivity index (χ0v) is 6.35. The molecule has 0 saturated heterocycles. The summed E-state index contributed by atoms with van der Waals surface area (Å²) in [6.45, 7) is 0.375. The molecule has 1 atom stereocenters. The van der Waals surface area contributed by atoms with Gasteiger partial charge in [-0.1, -0.05) is 15.9 Å². The second-order valence-corrected chi connectivity index (χ2v) is 1.94. The molecule has 0 bridgehead atoms. The molecule has 0 aliphatic rings. The van der Waals surface area contributed by atoms with Gasteiger partial charge in [-0.25, -0.2) is 4.39 Å². The van der Waals surface area contributed by atoms with Crippen molar-refractivity contribution in [3.63, 3.8) is 0 Å². The second kappa shape index (κ2) is 6.66. The molecule has 0 aromatic heterocycles. The molecule has 46 valence electrons. The first kappa shape index (κ1) is 10.6. The summed E-state index contributed by atoms with van der Waals surface area (Å²) >= 11 is 2.71. The van der Waals surface area contributed by atoms with Gasteiger partial charge in [-0.2, -0.15) is 0 Å². The summed E-state index contributed by atoms with van der Waals surface area (Å²) in [4.78, 5) is 0. The molecule has 1 nitrogen and oxygen atoms in total. The van der Waals surface area contributed by atoms with E-state index in [1.807, 2.05) is 0 Å². The molecule has 1 N–H and O–H groups in total. The minimum atomic E-state index is -0.900. The van der Waals surface area contributed by atoms with Gasteiger partial charge in [0.15, 0.2) is 5.08 Å². The van der Waals surface area contributed by atoms with Gasteiger partial charge in [0.1, 0.15) is 0 Å². The van der Waals surface area contributed by atoms with Crippen LogP contribution in [0, 0.1) is 0 Å². The lowest BCUT2D eigenvalue weighted by atomic mass is 10.7. The van der Waals surface area contributed by atoms with Crippen molar-refractivity contribution in [1.82, 2.24) is 5.32 Å². The SMILES string of the molecule is CNCC(F)Br.Cl. The van der Waals surface area contributed by atoms with Gasteiger partial charge in [-0.05, 0) is 7.05 Å². The Hall–Kier alpha value is 0.660. The van der Waals surface area contributed by atoms with E-state index in [0.717, 1.165) is 0 Å². The number of halogens is 3. The lowest BCUT2D eigenvalue weighted by Crippen LogP contribution is -2.13. The van der Waals surface area contributed by atoms with E-state index < -0.39 is 5.08 Å². The monoisotopic (exact) mass is 191 g/mol. The van der Waals surface area contributed by atoms with Gasteiger partial charge in [0.05, 0.1) is 0 Å². The topological polar surface area (TPSA) is 12.0 Å². The van der Waals surface area contributed by atoms with Crippen molar-refractivity contribution >= 4 is 28.3 Å². The average molecular weight is 192 g/mol. The molecule has 1 unspecified atom stereocenters. The van der Waals surface area contributed by atoms with Crippen molar-refractivity contribution in [2.24, 2.45) is 0 Å². The fraction of sp³-hybridized carbons (Fsp3) is 1.00. The van der Waals surface area contributed by atoms with Crippen LogP contribution < -0.4 is 5.32 Å². The first-order valence-corrected chi connectivity index (χ1v) is 2.61. The summed E-state index contributed by atoms with van der Waals surface area (Å²) in [6, 6.07) is 0. The van der Waals surface area contributed by atoms with Crippen LogP contribution in [0.2, 0.25) is 0 Å². The highest BCUT2D eigenvalue weighted by Crippen LogP contribution is 1.95. The van der Waals surface area contributed by atoms with Gasteiger partial charge in [-0.3, -0.25) is 0 Å². The minimum Gasteiger partial charge on any atom is -0.316 e. The lowest BCUT2D eigenvalue weighted by molar-refractivity contribution is 0.448. The van der Waals surface area contributed by atoms with Crippen LogP contribution in [0.15, 0.2) is 0 Å². The third-order valence-corrected chi connectivity index (χ3v) is 0.682. The molecule has 0 rings (SSSR count). The summed E-state index contributed by atoms with van der Waals surface area (Å²) in [5, 5.41) is 1.74. The number of hydrogen-bond donors (Lipinski definition) is 1. The Kier molecular flexibility index (Phi) is 10.1. The highest BCUT2D eigenvalue weighted by atomic mass is 79.9. The summed E-state index contributed by atoms with van der Waals surface area (Å²) in [5.74, 6) is 0. The van der Waals surface area contributed by atoms with E-state index in [-0.39, 0.29) is 12.4 Å². The number of hydrogen-bond acceptors (Lipinski definition) is 1. The van der Waals surface area contributed by atoms with Crippen LogP contribution >= 0.6 is 28.3 Å². The van der Waals surface area contributed by atoms with Crippen molar-refractivity contribution in [1.29, 1.82) is 0 Å². The first-order valence-electron chi connectivity index (χ1n) is 1.70. The lowest BCUT2D eigenvalue weighted by Gasteiger charge is -1.92. The molecule has 0 spiro atoms. The van der Waals surface area contributed by atoms with Gasteiger partial charge >= 0.3 is 0 Å². The van der Waals surface area contributed by atoms with Gasteiger partial charge in [-0.15, -0.1) is 12.4 Å². The van der Waals surface area contributed by atoms with Crippen molar-refractivity contribution in [2.45, 2.75) is 5.08 Å². The maximum atomic E-state index is 11.6. The van der Waals surface area contributed by atoms with E-state index in [4.69, 9.17) is 0 Å². The van der Waals surface area contributed by atoms with E-state index in [1.54, 1.807) is 7.05 Å². The van der Waals surface area contributed by atoms with Crippen LogP contribution in [0.25, 0.3) is 0 Å². The van der Waals surface area contributed by atoms with Crippen molar-refractivity contribution in [3.8, 4) is 0 Å². The number of nitrogens with one attached hydrogen (secondary N) is 1. The molecule has 0 aromatic carbocycles. The highest BCUT2D eigenvalue weighted by molar-refractivity contribution is 9.09. The third-order valence-electron chi connectivity index (χ3n) is 0.358. The number of alkyl halides is 2. The van der Waals surface area contributed by atoms with Crippen LogP contribution in [0.3, 0.4) is 0 Å². The molecule has 0 saturated carbocycles. The quantitative estimate of drug-likeness (QED) is 0.651. The van der Waals surface area contributed by atoms with E-state index in [2.05, 4.69) is 21.2 Å². The maximum absolute atomic E-state index is 11.6. The standard InChI is InChI=1S/C3H7BrFN.ClH/c1-6-2-3(4)5;/h3,6H,2H2,1H3;1H. The molecule has 0 aliphatic heterocycles. The molecular formula is C3H8BrClFN. The van der Waals surface area contributed by atoms with E-state index in [9.17, 15) is 4.39 Å². The molecular weight excluding hydrogens is 184 g/mol. The highest BCUT2D eigenvalue weighted by Gasteiger charge is 1.92. The van der Waals surface area contributed by atoms with Crippen LogP contribution in [0.4, 0.5) is 4.39 Å². The fourth-order valence-corrected chi connectivity index (χ4v) is 0.478. The second-order valence-electron chi connectivity index (χ2n) is 0.949. The van der Waals surface area contributed by atoms with E-state index in [1.165, 1.54) is 0 Å². The Balaban J connectivity index is 0. The van der Waals surface area contributed by atoms with Crippen LogP contribution in [0.1, 0.15) is 0 Å². The van der Waals surface area contributed by atoms with Gasteiger partial charge in [0.2, 0.25) is 0 Å². The Morgan fingerprint density at radius 3 is 2.29 bits per heavy atom. The van der Waals surface area contributed by atoms with E-state index >= 15 is 0 Å². The molecule has 0 fully saturated rings. The normalized spacial score (nSPS) is 12.4. The van der Waals surface area contributed by atoms with Gasteiger partial charge in [0, 0.05) is 6.54 Å². The molecule has 0 aromatic rings. The molecule has 0 heterocycles. The van der Waals surface area contributed by atoms with Gasteiger partial charge in [0.25, 0.3) is 0 Å². The summed E-state index contributed by atoms with van der Waals surface area (Å²) < 4.78 is 11.6. The summed E-state index contributed by atoms with van der Waals surface area (Å²) in [5.41, 5.74) is 0. The minimum absolute atomic E-state index is 0. The first-order chi connectivity index (χ1) is 2.77. The smallest absolute Gasteiger partial charge is 0.167 e. The zero-order valence-electron chi connectivity index (χ0n) is 3.95. The molecule has 0 radical (unpaired) electrons. The van der Waals surface area contributed by atoms with Crippen LogP contribution in [0.5, 0.6) is 0 Å². The third kappa shape index (κ3) is 10.8. The molecule has 4 heteroatoms. The Labute approximate surface area is 57.2 Å². The predicted octanol–water partition coefficient (Wildman–Crippen LogP) is 1.32. The van der Waals surface area contributed by atoms with Gasteiger partial charge < -0.3 is 5.32 Å².